The summed E-state index contributed by atoms with van der Waals surface area (Å²) >= 11 is 1.30. The molecule has 0 amide bonds. The average molecular weight is 337 g/mol. The number of rotatable bonds is 4. The summed E-state index contributed by atoms with van der Waals surface area (Å²) in [6.45, 7) is 0.204. The summed E-state index contributed by atoms with van der Waals surface area (Å²) < 4.78 is 26.5. The molecule has 0 saturated carbocycles. The smallest absolute Gasteiger partial charge is 0.327 e. The maximum absolute atomic E-state index is 12.7. The van der Waals surface area contributed by atoms with Crippen molar-refractivity contribution >= 4 is 27.3 Å². The first-order chi connectivity index (χ1) is 10.5. The van der Waals surface area contributed by atoms with E-state index >= 15 is 0 Å². The number of carboxylic acids is 1. The van der Waals surface area contributed by atoms with Crippen LogP contribution < -0.4 is 0 Å². The van der Waals surface area contributed by atoms with Crippen LogP contribution in [0.15, 0.2) is 41.8 Å². The molecular formula is C15H15NO4S2. The Morgan fingerprint density at radius 3 is 2.68 bits per heavy atom. The third-order valence-corrected chi connectivity index (χ3v) is 6.52. The first-order valence-electron chi connectivity index (χ1n) is 6.81. The van der Waals surface area contributed by atoms with Crippen molar-refractivity contribution in [1.29, 1.82) is 0 Å². The van der Waals surface area contributed by atoms with E-state index < -0.39 is 22.0 Å². The third kappa shape index (κ3) is 2.79. The molecule has 0 spiro atoms. The van der Waals surface area contributed by atoms with E-state index in [1.807, 2.05) is 17.5 Å². The number of carboxylic acid groups (broad SMARTS) is 1. The second-order valence-corrected chi connectivity index (χ2v) is 8.02. The summed E-state index contributed by atoms with van der Waals surface area (Å²) in [7, 11) is -3.69. The maximum Gasteiger partial charge on any atom is 0.327 e. The van der Waals surface area contributed by atoms with Gasteiger partial charge in [-0.15, -0.1) is 11.3 Å². The van der Waals surface area contributed by atoms with Crippen molar-refractivity contribution < 1.29 is 18.3 Å². The van der Waals surface area contributed by atoms with E-state index in [-0.39, 0.29) is 12.3 Å². The molecule has 1 atom stereocenters. The Morgan fingerprint density at radius 2 is 2.00 bits per heavy atom. The third-order valence-electron chi connectivity index (χ3n) is 3.70. The van der Waals surface area contributed by atoms with Crippen molar-refractivity contribution in [2.75, 3.05) is 6.54 Å². The summed E-state index contributed by atoms with van der Waals surface area (Å²) in [6, 6.07) is 9.58. The quantitative estimate of drug-likeness (QED) is 0.929. The van der Waals surface area contributed by atoms with Crippen molar-refractivity contribution in [2.45, 2.75) is 18.2 Å². The molecule has 116 valence electrons. The Labute approximate surface area is 132 Å². The molecule has 22 heavy (non-hydrogen) atoms. The fourth-order valence-corrected chi connectivity index (χ4v) is 5.48. The van der Waals surface area contributed by atoms with E-state index in [4.69, 9.17) is 0 Å². The molecule has 0 bridgehead atoms. The summed E-state index contributed by atoms with van der Waals surface area (Å²) in [6.07, 6.45) is 0.552. The minimum Gasteiger partial charge on any atom is -0.480 e. The van der Waals surface area contributed by atoms with E-state index in [0.29, 0.717) is 16.9 Å². The van der Waals surface area contributed by atoms with Crippen molar-refractivity contribution in [2.24, 2.45) is 0 Å². The summed E-state index contributed by atoms with van der Waals surface area (Å²) in [5.74, 6) is -1.31. The van der Waals surface area contributed by atoms with Crippen LogP contribution in [0.4, 0.5) is 0 Å². The van der Waals surface area contributed by atoms with Gasteiger partial charge in [-0.05, 0) is 29.0 Å². The highest BCUT2D eigenvalue weighted by Crippen LogP contribution is 2.36. The van der Waals surface area contributed by atoms with Gasteiger partial charge in [-0.2, -0.15) is 4.31 Å². The number of fused-ring (bicyclic) bond motifs is 1. The Hall–Kier alpha value is -1.70. The Bertz CT molecular complexity index is 783. The molecular weight excluding hydrogens is 322 g/mol. The highest BCUT2D eigenvalue weighted by molar-refractivity contribution is 7.88. The number of sulfonamides is 1. The molecule has 1 aliphatic rings. The van der Waals surface area contributed by atoms with E-state index in [9.17, 15) is 18.3 Å². The highest BCUT2D eigenvalue weighted by Gasteiger charge is 2.40. The fraction of sp³-hybridized carbons (Fsp3) is 0.267. The van der Waals surface area contributed by atoms with Gasteiger partial charge in [0.2, 0.25) is 10.0 Å². The summed E-state index contributed by atoms with van der Waals surface area (Å²) in [4.78, 5) is 12.2. The zero-order chi connectivity index (χ0) is 15.7. The van der Waals surface area contributed by atoms with Gasteiger partial charge in [-0.1, -0.05) is 30.3 Å². The van der Waals surface area contributed by atoms with E-state index in [1.165, 1.54) is 11.3 Å². The molecule has 1 N–H and O–H groups in total. The molecule has 1 unspecified atom stereocenters. The van der Waals surface area contributed by atoms with Crippen LogP contribution in [-0.2, 0) is 27.0 Å². The molecule has 2 heterocycles. The van der Waals surface area contributed by atoms with Crippen molar-refractivity contribution in [1.82, 2.24) is 4.31 Å². The van der Waals surface area contributed by atoms with Gasteiger partial charge in [-0.25, -0.2) is 8.42 Å². The van der Waals surface area contributed by atoms with Gasteiger partial charge in [0.25, 0.3) is 0 Å². The minimum absolute atomic E-state index is 0.182. The molecule has 0 fully saturated rings. The van der Waals surface area contributed by atoms with Crippen LogP contribution in [0, 0.1) is 0 Å². The molecule has 0 radical (unpaired) electrons. The minimum atomic E-state index is -3.69. The molecule has 0 saturated heterocycles. The first kappa shape index (κ1) is 15.2. The summed E-state index contributed by atoms with van der Waals surface area (Å²) in [5, 5.41) is 11.3. The number of carbonyl (C=O) groups is 1. The van der Waals surface area contributed by atoms with Crippen molar-refractivity contribution in [3.63, 3.8) is 0 Å². The predicted molar refractivity (Wildman–Crippen MR) is 84.2 cm³/mol. The largest absolute Gasteiger partial charge is 0.480 e. The number of nitrogens with zero attached hydrogens (tertiary/aromatic N) is 1. The number of hydrogen-bond donors (Lipinski definition) is 1. The predicted octanol–water partition coefficient (Wildman–Crippen LogP) is 2.26. The van der Waals surface area contributed by atoms with Crippen LogP contribution in [0.3, 0.4) is 0 Å². The molecule has 7 heteroatoms. The lowest BCUT2D eigenvalue weighted by molar-refractivity contribution is -0.141. The Kier molecular flexibility index (Phi) is 4.03. The van der Waals surface area contributed by atoms with Gasteiger partial charge in [0.05, 0.1) is 5.75 Å². The SMILES string of the molecule is O=C(O)C1c2sccc2CCN1S(=O)(=O)Cc1ccccc1. The maximum atomic E-state index is 12.7. The van der Waals surface area contributed by atoms with Gasteiger partial charge in [0.15, 0.2) is 6.04 Å². The molecule has 5 nitrogen and oxygen atoms in total. The van der Waals surface area contributed by atoms with Gasteiger partial charge < -0.3 is 5.11 Å². The zero-order valence-electron chi connectivity index (χ0n) is 11.7. The highest BCUT2D eigenvalue weighted by atomic mass is 32.2. The Balaban J connectivity index is 1.94. The molecule has 0 aliphatic carbocycles. The molecule has 1 aromatic carbocycles. The van der Waals surface area contributed by atoms with E-state index in [1.54, 1.807) is 24.3 Å². The van der Waals surface area contributed by atoms with Crippen molar-refractivity contribution in [3.05, 3.63) is 57.8 Å². The lowest BCUT2D eigenvalue weighted by Gasteiger charge is -2.32. The number of benzene rings is 1. The molecule has 2 aromatic rings. The normalized spacial score (nSPS) is 18.8. The van der Waals surface area contributed by atoms with Crippen molar-refractivity contribution in [3.8, 4) is 0 Å². The second-order valence-electron chi connectivity index (χ2n) is 5.15. The zero-order valence-corrected chi connectivity index (χ0v) is 13.3. The lowest BCUT2D eigenvalue weighted by Crippen LogP contribution is -2.43. The van der Waals surface area contributed by atoms with E-state index in [2.05, 4.69) is 0 Å². The van der Waals surface area contributed by atoms with Crippen LogP contribution >= 0.6 is 11.3 Å². The lowest BCUT2D eigenvalue weighted by atomic mass is 10.0. The van der Waals surface area contributed by atoms with Crippen LogP contribution in [0.25, 0.3) is 0 Å². The van der Waals surface area contributed by atoms with Gasteiger partial charge in [0.1, 0.15) is 0 Å². The topological polar surface area (TPSA) is 74.7 Å². The van der Waals surface area contributed by atoms with E-state index in [0.717, 1.165) is 9.87 Å². The van der Waals surface area contributed by atoms with Gasteiger partial charge >= 0.3 is 5.97 Å². The van der Waals surface area contributed by atoms with Gasteiger partial charge in [-0.3, -0.25) is 4.79 Å². The number of thiophene rings is 1. The monoisotopic (exact) mass is 337 g/mol. The Morgan fingerprint density at radius 1 is 1.27 bits per heavy atom. The molecule has 1 aromatic heterocycles. The molecule has 1 aliphatic heterocycles. The standard InChI is InChI=1S/C15H15NO4S2/c17-15(18)13-14-12(7-9-21-14)6-8-16(13)22(19,20)10-11-4-2-1-3-5-11/h1-5,7,9,13H,6,8,10H2,(H,17,18). The van der Waals surface area contributed by atoms with Crippen LogP contribution in [-0.4, -0.2) is 30.3 Å². The fourth-order valence-electron chi connectivity index (χ4n) is 2.69. The van der Waals surface area contributed by atoms with Crippen LogP contribution in [0.1, 0.15) is 22.0 Å². The first-order valence-corrected chi connectivity index (χ1v) is 9.30. The number of aliphatic carboxylic acids is 1. The molecule has 3 rings (SSSR count). The van der Waals surface area contributed by atoms with Crippen LogP contribution in [0.2, 0.25) is 0 Å². The number of hydrogen-bond acceptors (Lipinski definition) is 4. The second kappa shape index (κ2) is 5.83. The summed E-state index contributed by atoms with van der Waals surface area (Å²) in [5.41, 5.74) is 1.59. The average Bonchev–Trinajstić information content (AvgIpc) is 2.94. The van der Waals surface area contributed by atoms with Gasteiger partial charge in [0, 0.05) is 11.4 Å². The van der Waals surface area contributed by atoms with Crippen LogP contribution in [0.5, 0.6) is 0 Å².